The van der Waals surface area contributed by atoms with Gasteiger partial charge in [0.25, 0.3) is 0 Å². The van der Waals surface area contributed by atoms with Gasteiger partial charge in [0.15, 0.2) is 0 Å². The molecule has 2 rings (SSSR count). The predicted molar refractivity (Wildman–Crippen MR) is 62.0 cm³/mol. The Morgan fingerprint density at radius 2 is 2.14 bits per heavy atom. The zero-order chi connectivity index (χ0) is 9.97. The van der Waals surface area contributed by atoms with Gasteiger partial charge < -0.3 is 10.2 Å². The lowest BCUT2D eigenvalue weighted by atomic mass is 10.3. The van der Waals surface area contributed by atoms with Crippen molar-refractivity contribution in [1.82, 2.24) is 10.3 Å². The van der Waals surface area contributed by atoms with Crippen LogP contribution in [-0.4, -0.2) is 31.2 Å². The highest BCUT2D eigenvalue weighted by Crippen LogP contribution is 2.25. The molecule has 0 saturated carbocycles. The molecule has 0 unspecified atom stereocenters. The highest BCUT2D eigenvalue weighted by molar-refractivity contribution is 9.10. The SMILES string of the molecule is Clc1cc(N2CCNCC2)cnc1Br. The maximum atomic E-state index is 5.98. The van der Waals surface area contributed by atoms with Crippen LogP contribution in [-0.2, 0) is 0 Å². The molecule has 0 amide bonds. The van der Waals surface area contributed by atoms with Gasteiger partial charge in [-0.2, -0.15) is 0 Å². The minimum absolute atomic E-state index is 0.668. The van der Waals surface area contributed by atoms with Crippen LogP contribution in [0.2, 0.25) is 5.02 Å². The number of nitrogens with one attached hydrogen (secondary N) is 1. The third-order valence-electron chi connectivity index (χ3n) is 2.26. The normalized spacial score (nSPS) is 17.1. The second-order valence-electron chi connectivity index (χ2n) is 3.20. The van der Waals surface area contributed by atoms with Crippen LogP contribution in [0.4, 0.5) is 5.69 Å². The minimum atomic E-state index is 0.668. The van der Waals surface area contributed by atoms with E-state index in [1.807, 2.05) is 12.3 Å². The molecule has 0 spiro atoms. The summed E-state index contributed by atoms with van der Waals surface area (Å²) in [6.07, 6.45) is 1.85. The van der Waals surface area contributed by atoms with E-state index in [1.165, 1.54) is 0 Å². The van der Waals surface area contributed by atoms with Gasteiger partial charge in [-0.15, -0.1) is 0 Å². The van der Waals surface area contributed by atoms with Gasteiger partial charge in [0, 0.05) is 26.2 Å². The number of anilines is 1. The van der Waals surface area contributed by atoms with Gasteiger partial charge in [0.1, 0.15) is 4.60 Å². The second kappa shape index (κ2) is 4.47. The third-order valence-corrected chi connectivity index (χ3v) is 3.41. The smallest absolute Gasteiger partial charge is 0.124 e. The summed E-state index contributed by atoms with van der Waals surface area (Å²) in [6, 6.07) is 1.95. The second-order valence-corrected chi connectivity index (χ2v) is 4.36. The van der Waals surface area contributed by atoms with Crippen molar-refractivity contribution >= 4 is 33.2 Å². The van der Waals surface area contributed by atoms with E-state index in [9.17, 15) is 0 Å². The first kappa shape index (κ1) is 10.2. The molecule has 1 fully saturated rings. The lowest BCUT2D eigenvalue weighted by Gasteiger charge is -2.29. The number of piperazine rings is 1. The molecule has 76 valence electrons. The van der Waals surface area contributed by atoms with Gasteiger partial charge in [-0.05, 0) is 22.0 Å². The van der Waals surface area contributed by atoms with Crippen LogP contribution in [0.3, 0.4) is 0 Å². The predicted octanol–water partition coefficient (Wildman–Crippen LogP) is 1.91. The molecule has 1 aromatic rings. The maximum absolute atomic E-state index is 5.98. The molecule has 0 radical (unpaired) electrons. The fourth-order valence-corrected chi connectivity index (χ4v) is 1.88. The standard InChI is InChI=1S/C9H11BrClN3/c10-9-8(11)5-7(6-13-9)14-3-1-12-2-4-14/h5-6,12H,1-4H2. The van der Waals surface area contributed by atoms with Crippen molar-refractivity contribution in [2.75, 3.05) is 31.1 Å². The first-order chi connectivity index (χ1) is 6.77. The van der Waals surface area contributed by atoms with E-state index < -0.39 is 0 Å². The van der Waals surface area contributed by atoms with Gasteiger partial charge in [0.05, 0.1) is 16.9 Å². The quantitative estimate of drug-likeness (QED) is 0.794. The maximum Gasteiger partial charge on any atom is 0.124 e. The molecular formula is C9H11BrClN3. The summed E-state index contributed by atoms with van der Waals surface area (Å²) in [7, 11) is 0. The van der Waals surface area contributed by atoms with Crippen LogP contribution in [0.25, 0.3) is 0 Å². The summed E-state index contributed by atoms with van der Waals surface area (Å²) >= 11 is 9.26. The first-order valence-electron chi connectivity index (χ1n) is 4.54. The van der Waals surface area contributed by atoms with Crippen molar-refractivity contribution in [2.45, 2.75) is 0 Å². The summed E-state index contributed by atoms with van der Waals surface area (Å²) in [4.78, 5) is 6.46. The summed E-state index contributed by atoms with van der Waals surface area (Å²) in [5, 5.41) is 3.97. The van der Waals surface area contributed by atoms with Gasteiger partial charge in [0.2, 0.25) is 0 Å². The average Bonchev–Trinajstić information content (AvgIpc) is 2.23. The molecule has 0 bridgehead atoms. The molecular weight excluding hydrogens is 265 g/mol. The largest absolute Gasteiger partial charge is 0.368 e. The van der Waals surface area contributed by atoms with E-state index in [1.54, 1.807) is 0 Å². The van der Waals surface area contributed by atoms with Crippen molar-refractivity contribution in [3.63, 3.8) is 0 Å². The van der Waals surface area contributed by atoms with Gasteiger partial charge in [-0.25, -0.2) is 4.98 Å². The Kier molecular flexibility index (Phi) is 3.26. The Bertz CT molecular complexity index is 326. The molecule has 1 aliphatic rings. The molecule has 2 heterocycles. The van der Waals surface area contributed by atoms with E-state index in [0.29, 0.717) is 9.63 Å². The van der Waals surface area contributed by atoms with E-state index in [0.717, 1.165) is 31.9 Å². The molecule has 1 saturated heterocycles. The first-order valence-corrected chi connectivity index (χ1v) is 5.71. The molecule has 1 N–H and O–H groups in total. The fourth-order valence-electron chi connectivity index (χ4n) is 1.51. The number of aromatic nitrogens is 1. The Hall–Kier alpha value is -0.320. The van der Waals surface area contributed by atoms with Crippen LogP contribution in [0.5, 0.6) is 0 Å². The van der Waals surface area contributed by atoms with Crippen molar-refractivity contribution in [3.8, 4) is 0 Å². The Morgan fingerprint density at radius 3 is 2.79 bits per heavy atom. The Labute approximate surface area is 96.6 Å². The average molecular weight is 277 g/mol. The number of pyridine rings is 1. The number of hydrogen-bond donors (Lipinski definition) is 1. The lowest BCUT2D eigenvalue weighted by Crippen LogP contribution is -2.43. The zero-order valence-electron chi connectivity index (χ0n) is 7.63. The fraction of sp³-hybridized carbons (Fsp3) is 0.444. The summed E-state index contributed by atoms with van der Waals surface area (Å²) in [5.74, 6) is 0. The summed E-state index contributed by atoms with van der Waals surface area (Å²) in [5.41, 5.74) is 1.10. The van der Waals surface area contributed by atoms with Crippen molar-refractivity contribution in [2.24, 2.45) is 0 Å². The monoisotopic (exact) mass is 275 g/mol. The van der Waals surface area contributed by atoms with E-state index in [2.05, 4.69) is 31.1 Å². The number of rotatable bonds is 1. The van der Waals surface area contributed by atoms with Crippen LogP contribution >= 0.6 is 27.5 Å². The topological polar surface area (TPSA) is 28.2 Å². The third kappa shape index (κ3) is 2.19. The van der Waals surface area contributed by atoms with Crippen LogP contribution in [0, 0.1) is 0 Å². The van der Waals surface area contributed by atoms with Crippen molar-refractivity contribution in [1.29, 1.82) is 0 Å². The molecule has 0 atom stereocenters. The van der Waals surface area contributed by atoms with Crippen molar-refractivity contribution < 1.29 is 0 Å². The number of halogens is 2. The Morgan fingerprint density at radius 1 is 1.43 bits per heavy atom. The summed E-state index contributed by atoms with van der Waals surface area (Å²) in [6.45, 7) is 4.07. The van der Waals surface area contributed by atoms with E-state index in [4.69, 9.17) is 11.6 Å². The van der Waals surface area contributed by atoms with Gasteiger partial charge in [-0.1, -0.05) is 11.6 Å². The van der Waals surface area contributed by atoms with Gasteiger partial charge >= 0.3 is 0 Å². The van der Waals surface area contributed by atoms with Crippen molar-refractivity contribution in [3.05, 3.63) is 21.9 Å². The summed E-state index contributed by atoms with van der Waals surface area (Å²) < 4.78 is 0.707. The zero-order valence-corrected chi connectivity index (χ0v) is 9.98. The van der Waals surface area contributed by atoms with E-state index >= 15 is 0 Å². The van der Waals surface area contributed by atoms with Crippen LogP contribution in [0.1, 0.15) is 0 Å². The molecule has 14 heavy (non-hydrogen) atoms. The van der Waals surface area contributed by atoms with E-state index in [-0.39, 0.29) is 0 Å². The minimum Gasteiger partial charge on any atom is -0.368 e. The molecule has 0 aliphatic carbocycles. The molecule has 1 aromatic heterocycles. The van der Waals surface area contributed by atoms with Crippen LogP contribution in [0.15, 0.2) is 16.9 Å². The Balaban J connectivity index is 2.18. The molecule has 5 heteroatoms. The van der Waals surface area contributed by atoms with Gasteiger partial charge in [-0.3, -0.25) is 0 Å². The highest BCUT2D eigenvalue weighted by Gasteiger charge is 2.11. The number of nitrogens with zero attached hydrogens (tertiary/aromatic N) is 2. The highest BCUT2D eigenvalue weighted by atomic mass is 79.9. The molecule has 3 nitrogen and oxygen atoms in total. The van der Waals surface area contributed by atoms with Crippen LogP contribution < -0.4 is 10.2 Å². The number of hydrogen-bond acceptors (Lipinski definition) is 3. The lowest BCUT2D eigenvalue weighted by molar-refractivity contribution is 0.588. The molecule has 1 aliphatic heterocycles. The molecule has 0 aromatic carbocycles.